The van der Waals surface area contributed by atoms with E-state index in [9.17, 15) is 13.2 Å². The molecule has 0 heterocycles. The molecular formula is C17H14BrF3OS. The van der Waals surface area contributed by atoms with E-state index < -0.39 is 11.7 Å². The highest BCUT2D eigenvalue weighted by Gasteiger charge is 2.37. The highest BCUT2D eigenvalue weighted by atomic mass is 79.9. The second-order valence-electron chi connectivity index (χ2n) is 4.57. The Kier molecular flexibility index (Phi) is 6.18. The molecule has 6 heteroatoms. The highest BCUT2D eigenvalue weighted by molar-refractivity contribution is 9.09. The van der Waals surface area contributed by atoms with Crippen molar-refractivity contribution in [2.75, 3.05) is 12.4 Å². The first kappa shape index (κ1) is 17.9. The van der Waals surface area contributed by atoms with Gasteiger partial charge in [0.25, 0.3) is 0 Å². The fourth-order valence-corrected chi connectivity index (χ4v) is 3.61. The van der Waals surface area contributed by atoms with Crippen molar-refractivity contribution in [3.05, 3.63) is 65.1 Å². The lowest BCUT2D eigenvalue weighted by Gasteiger charge is -2.17. The molecule has 0 aliphatic carbocycles. The van der Waals surface area contributed by atoms with Crippen molar-refractivity contribution in [1.82, 2.24) is 0 Å². The number of rotatable bonds is 5. The summed E-state index contributed by atoms with van der Waals surface area (Å²) in [5.74, 6) is 0.520. The summed E-state index contributed by atoms with van der Waals surface area (Å²) in [5.41, 5.74) is -0.512. The van der Waals surface area contributed by atoms with E-state index in [1.807, 2.05) is 6.07 Å². The van der Waals surface area contributed by atoms with Crippen molar-refractivity contribution in [3.8, 4) is 5.75 Å². The molecule has 2 rings (SSSR count). The molecule has 0 spiro atoms. The molecule has 2 aromatic rings. The van der Waals surface area contributed by atoms with Crippen molar-refractivity contribution in [2.24, 2.45) is 0 Å². The van der Waals surface area contributed by atoms with Gasteiger partial charge in [-0.15, -0.1) is 0 Å². The molecule has 0 saturated carbocycles. The lowest BCUT2D eigenvalue weighted by atomic mass is 10.1. The van der Waals surface area contributed by atoms with Crippen LogP contribution in [0, 0.1) is 0 Å². The Morgan fingerprint density at radius 2 is 1.65 bits per heavy atom. The van der Waals surface area contributed by atoms with Crippen LogP contribution in [-0.2, 0) is 0 Å². The molecule has 0 saturated heterocycles. The summed E-state index contributed by atoms with van der Waals surface area (Å²) < 4.78 is 45.8. The number of thioether (sulfide) groups is 1. The summed E-state index contributed by atoms with van der Waals surface area (Å²) in [5, 5.41) is 0.118. The van der Waals surface area contributed by atoms with Gasteiger partial charge in [0.15, 0.2) is 0 Å². The van der Waals surface area contributed by atoms with Crippen LogP contribution < -0.4 is 4.74 Å². The molecule has 0 bridgehead atoms. The van der Waals surface area contributed by atoms with Crippen LogP contribution in [0.5, 0.6) is 5.75 Å². The minimum absolute atomic E-state index is 0.118. The summed E-state index contributed by atoms with van der Waals surface area (Å²) in [6.07, 6.45) is -4.44. The predicted molar refractivity (Wildman–Crippen MR) is 92.1 cm³/mol. The van der Waals surface area contributed by atoms with Gasteiger partial charge >= 0.3 is 6.18 Å². The van der Waals surface area contributed by atoms with Crippen molar-refractivity contribution in [1.29, 1.82) is 0 Å². The summed E-state index contributed by atoms with van der Waals surface area (Å²) in [7, 11) is 1.48. The Labute approximate surface area is 145 Å². The topological polar surface area (TPSA) is 9.23 Å². The molecule has 0 radical (unpaired) electrons. The van der Waals surface area contributed by atoms with Gasteiger partial charge in [0.05, 0.1) is 12.7 Å². The van der Waals surface area contributed by atoms with E-state index in [2.05, 4.69) is 15.9 Å². The first-order valence-electron chi connectivity index (χ1n) is 6.69. The number of halogens is 4. The monoisotopic (exact) mass is 402 g/mol. The van der Waals surface area contributed by atoms with Gasteiger partial charge < -0.3 is 4.74 Å². The third kappa shape index (κ3) is 4.78. The highest BCUT2D eigenvalue weighted by Crippen LogP contribution is 2.43. The van der Waals surface area contributed by atoms with Gasteiger partial charge in [-0.2, -0.15) is 13.2 Å². The molecule has 0 fully saturated rings. The Morgan fingerprint density at radius 1 is 1.04 bits per heavy atom. The van der Waals surface area contributed by atoms with Crippen LogP contribution in [0.2, 0.25) is 0 Å². The third-order valence-corrected chi connectivity index (χ3v) is 5.08. The van der Waals surface area contributed by atoms with Crippen molar-refractivity contribution >= 4 is 33.3 Å². The maximum absolute atomic E-state index is 13.6. The van der Waals surface area contributed by atoms with E-state index in [4.69, 9.17) is 4.74 Å². The minimum Gasteiger partial charge on any atom is -0.497 e. The largest absolute Gasteiger partial charge is 0.497 e. The van der Waals surface area contributed by atoms with Crippen LogP contribution in [0.4, 0.5) is 13.2 Å². The summed E-state index contributed by atoms with van der Waals surface area (Å²) in [4.78, 5) is 0.978. The number of benzene rings is 2. The fourth-order valence-electron chi connectivity index (χ4n) is 2.02. The van der Waals surface area contributed by atoms with E-state index in [1.165, 1.54) is 31.4 Å². The predicted octanol–water partition coefficient (Wildman–Crippen LogP) is 6.16. The quantitative estimate of drug-likeness (QED) is 0.437. The summed E-state index contributed by atoms with van der Waals surface area (Å²) in [6, 6.07) is 14.9. The smallest absolute Gasteiger partial charge is 0.417 e. The van der Waals surface area contributed by atoms with Crippen LogP contribution in [0.1, 0.15) is 5.56 Å². The number of alkyl halides is 4. The zero-order chi connectivity index (χ0) is 16.9. The number of hydrogen-bond acceptors (Lipinski definition) is 2. The molecule has 0 unspecified atom stereocenters. The van der Waals surface area contributed by atoms with Gasteiger partial charge in [-0.1, -0.05) is 58.0 Å². The molecule has 122 valence electrons. The lowest BCUT2D eigenvalue weighted by molar-refractivity contribution is -0.0691. The van der Waals surface area contributed by atoms with Gasteiger partial charge in [-0.3, -0.25) is 0 Å². The SMILES string of the molecule is COc1ccc(/C(=C(\CBr)Sc2ccccc2)C(F)(F)F)cc1. The second-order valence-corrected chi connectivity index (χ2v) is 6.30. The van der Waals surface area contributed by atoms with E-state index >= 15 is 0 Å². The van der Waals surface area contributed by atoms with Crippen LogP contribution in [-0.4, -0.2) is 18.6 Å². The average molecular weight is 403 g/mol. The maximum Gasteiger partial charge on any atom is 0.417 e. The van der Waals surface area contributed by atoms with E-state index in [0.29, 0.717) is 5.75 Å². The molecule has 1 nitrogen and oxygen atoms in total. The Bertz CT molecular complexity index is 666. The fraction of sp³-hybridized carbons (Fsp3) is 0.176. The van der Waals surface area contributed by atoms with Crippen molar-refractivity contribution in [3.63, 3.8) is 0 Å². The van der Waals surface area contributed by atoms with Gasteiger partial charge in [0.2, 0.25) is 0 Å². The third-order valence-electron chi connectivity index (χ3n) is 3.05. The Balaban J connectivity index is 2.49. The van der Waals surface area contributed by atoms with Crippen LogP contribution >= 0.6 is 27.7 Å². The molecule has 0 N–H and O–H groups in total. The summed E-state index contributed by atoms with van der Waals surface area (Å²) in [6.45, 7) is 0. The standard InChI is InChI=1S/C17H14BrF3OS/c1-22-13-9-7-12(8-10-13)16(17(19,20)21)15(11-18)23-14-5-3-2-4-6-14/h2-10H,11H2,1H3/b16-15-. The van der Waals surface area contributed by atoms with E-state index in [0.717, 1.165) is 16.7 Å². The second kappa shape index (κ2) is 7.93. The molecule has 23 heavy (non-hydrogen) atoms. The Hall–Kier alpha value is -1.40. The van der Waals surface area contributed by atoms with Gasteiger partial charge in [-0.25, -0.2) is 0 Å². The lowest BCUT2D eigenvalue weighted by Crippen LogP contribution is -2.13. The number of allylic oxidation sites excluding steroid dienone is 2. The molecule has 0 aliphatic rings. The summed E-state index contributed by atoms with van der Waals surface area (Å²) >= 11 is 4.30. The first-order valence-corrected chi connectivity index (χ1v) is 8.63. The zero-order valence-corrected chi connectivity index (χ0v) is 14.6. The molecule has 0 amide bonds. The molecule has 0 aromatic heterocycles. The first-order chi connectivity index (χ1) is 11.0. The Morgan fingerprint density at radius 3 is 2.13 bits per heavy atom. The van der Waals surface area contributed by atoms with Gasteiger partial charge in [-0.05, 0) is 29.8 Å². The van der Waals surface area contributed by atoms with Crippen molar-refractivity contribution in [2.45, 2.75) is 11.1 Å². The van der Waals surface area contributed by atoms with Crippen LogP contribution in [0.15, 0.2) is 64.4 Å². The number of hydrogen-bond donors (Lipinski definition) is 0. The molecule has 0 atom stereocenters. The molecule has 0 aliphatic heterocycles. The van der Waals surface area contributed by atoms with Gasteiger partial charge in [0.1, 0.15) is 5.75 Å². The van der Waals surface area contributed by atoms with E-state index in [1.54, 1.807) is 24.3 Å². The van der Waals surface area contributed by atoms with Crippen molar-refractivity contribution < 1.29 is 17.9 Å². The van der Waals surface area contributed by atoms with Crippen LogP contribution in [0.25, 0.3) is 5.57 Å². The normalized spacial score (nSPS) is 12.7. The maximum atomic E-state index is 13.6. The minimum atomic E-state index is -4.44. The molecular weight excluding hydrogens is 389 g/mol. The van der Waals surface area contributed by atoms with E-state index in [-0.39, 0.29) is 15.8 Å². The van der Waals surface area contributed by atoms with Gasteiger partial charge in [0, 0.05) is 15.1 Å². The number of ether oxygens (including phenoxy) is 1. The number of methoxy groups -OCH3 is 1. The molecule has 2 aromatic carbocycles. The zero-order valence-electron chi connectivity index (χ0n) is 12.2. The average Bonchev–Trinajstić information content (AvgIpc) is 2.54. The van der Waals surface area contributed by atoms with Crippen LogP contribution in [0.3, 0.4) is 0 Å².